The zero-order valence-electron chi connectivity index (χ0n) is 11.3. The summed E-state index contributed by atoms with van der Waals surface area (Å²) in [6.45, 7) is 7.41. The molecule has 1 aliphatic heterocycles. The topological polar surface area (TPSA) is 75.5 Å². The first-order chi connectivity index (χ1) is 8.93. The van der Waals surface area contributed by atoms with Gasteiger partial charge in [0.25, 0.3) is 5.89 Å². The highest BCUT2D eigenvalue weighted by molar-refractivity contribution is 5.55. The summed E-state index contributed by atoms with van der Waals surface area (Å²) < 4.78 is 11.1. The molecule has 0 bridgehead atoms. The molecular formula is C13H17N3O3. The van der Waals surface area contributed by atoms with Gasteiger partial charge in [-0.15, -0.1) is 10.2 Å². The number of aromatic nitrogens is 2. The summed E-state index contributed by atoms with van der Waals surface area (Å²) in [6.07, 6.45) is 0. The quantitative estimate of drug-likeness (QED) is 0.904. The second-order valence-electron chi connectivity index (χ2n) is 5.47. The van der Waals surface area contributed by atoms with E-state index < -0.39 is 5.60 Å². The molecule has 0 atom stereocenters. The number of furan rings is 1. The van der Waals surface area contributed by atoms with Crippen molar-refractivity contribution >= 4 is 0 Å². The van der Waals surface area contributed by atoms with Gasteiger partial charge in [-0.3, -0.25) is 4.90 Å². The van der Waals surface area contributed by atoms with Crippen molar-refractivity contribution in [3.8, 4) is 11.5 Å². The summed E-state index contributed by atoms with van der Waals surface area (Å²) in [5.41, 5.74) is 0.257. The SMILES string of the molecule is Cc1cc(-c2nnc(CN3CC(C)(O)C3)o2)c(C)o1. The molecule has 1 N–H and O–H groups in total. The highest BCUT2D eigenvalue weighted by Crippen LogP contribution is 2.27. The Morgan fingerprint density at radius 2 is 2.05 bits per heavy atom. The minimum atomic E-state index is -0.582. The van der Waals surface area contributed by atoms with E-state index in [0.29, 0.717) is 31.4 Å². The van der Waals surface area contributed by atoms with Crippen LogP contribution < -0.4 is 0 Å². The molecule has 102 valence electrons. The van der Waals surface area contributed by atoms with Crippen molar-refractivity contribution in [1.29, 1.82) is 0 Å². The van der Waals surface area contributed by atoms with Crippen LogP contribution in [-0.4, -0.2) is 38.9 Å². The Labute approximate surface area is 111 Å². The van der Waals surface area contributed by atoms with Crippen LogP contribution in [0.25, 0.3) is 11.5 Å². The second-order valence-corrected chi connectivity index (χ2v) is 5.47. The third-order valence-corrected chi connectivity index (χ3v) is 3.23. The Morgan fingerprint density at radius 3 is 2.63 bits per heavy atom. The fraction of sp³-hybridized carbons (Fsp3) is 0.538. The van der Waals surface area contributed by atoms with Crippen molar-refractivity contribution in [3.05, 3.63) is 23.5 Å². The number of aryl methyl sites for hydroxylation is 2. The van der Waals surface area contributed by atoms with Gasteiger partial charge in [-0.1, -0.05) is 0 Å². The molecule has 1 saturated heterocycles. The third-order valence-electron chi connectivity index (χ3n) is 3.23. The molecule has 6 heteroatoms. The van der Waals surface area contributed by atoms with Crippen LogP contribution in [0.15, 0.2) is 14.9 Å². The Morgan fingerprint density at radius 1 is 1.32 bits per heavy atom. The molecule has 0 aliphatic carbocycles. The maximum absolute atomic E-state index is 9.66. The van der Waals surface area contributed by atoms with Gasteiger partial charge in [0.15, 0.2) is 0 Å². The van der Waals surface area contributed by atoms with Gasteiger partial charge >= 0.3 is 0 Å². The van der Waals surface area contributed by atoms with Crippen LogP contribution in [0, 0.1) is 13.8 Å². The summed E-state index contributed by atoms with van der Waals surface area (Å²) >= 11 is 0. The number of hydrogen-bond acceptors (Lipinski definition) is 6. The minimum absolute atomic E-state index is 0.483. The van der Waals surface area contributed by atoms with E-state index in [-0.39, 0.29) is 0 Å². The lowest BCUT2D eigenvalue weighted by molar-refractivity contribution is -0.0896. The van der Waals surface area contributed by atoms with Gasteiger partial charge in [0.05, 0.1) is 17.7 Å². The molecule has 3 rings (SSSR count). The number of rotatable bonds is 3. The van der Waals surface area contributed by atoms with Gasteiger partial charge in [0, 0.05) is 13.1 Å². The van der Waals surface area contributed by atoms with Gasteiger partial charge in [-0.25, -0.2) is 0 Å². The summed E-state index contributed by atoms with van der Waals surface area (Å²) in [5.74, 6) is 2.64. The summed E-state index contributed by atoms with van der Waals surface area (Å²) in [7, 11) is 0. The lowest BCUT2D eigenvalue weighted by Gasteiger charge is -2.43. The molecule has 0 saturated carbocycles. The van der Waals surface area contributed by atoms with Crippen LogP contribution >= 0.6 is 0 Å². The molecular weight excluding hydrogens is 246 g/mol. The Balaban J connectivity index is 1.72. The molecule has 0 amide bonds. The maximum Gasteiger partial charge on any atom is 0.251 e. The van der Waals surface area contributed by atoms with Gasteiger partial charge in [-0.05, 0) is 26.8 Å². The Bertz CT molecular complexity index is 592. The van der Waals surface area contributed by atoms with Crippen molar-refractivity contribution < 1.29 is 13.9 Å². The molecule has 1 fully saturated rings. The average Bonchev–Trinajstić information content (AvgIpc) is 2.82. The van der Waals surface area contributed by atoms with E-state index in [2.05, 4.69) is 15.1 Å². The first kappa shape index (κ1) is 12.4. The predicted molar refractivity (Wildman–Crippen MR) is 67.4 cm³/mol. The molecule has 2 aromatic rings. The van der Waals surface area contributed by atoms with Crippen molar-refractivity contribution in [2.45, 2.75) is 32.9 Å². The van der Waals surface area contributed by atoms with Crippen molar-refractivity contribution in [1.82, 2.24) is 15.1 Å². The predicted octanol–water partition coefficient (Wildman–Crippen LogP) is 1.51. The monoisotopic (exact) mass is 263 g/mol. The maximum atomic E-state index is 9.66. The normalized spacial score (nSPS) is 18.5. The van der Waals surface area contributed by atoms with Gasteiger partial charge in [0.1, 0.15) is 11.5 Å². The molecule has 0 aromatic carbocycles. The van der Waals surface area contributed by atoms with E-state index in [1.807, 2.05) is 26.8 Å². The second kappa shape index (κ2) is 4.18. The molecule has 3 heterocycles. The number of aliphatic hydroxyl groups is 1. The van der Waals surface area contributed by atoms with Crippen LogP contribution in [0.5, 0.6) is 0 Å². The molecule has 0 unspecified atom stereocenters. The first-order valence-corrected chi connectivity index (χ1v) is 6.27. The zero-order chi connectivity index (χ0) is 13.6. The highest BCUT2D eigenvalue weighted by atomic mass is 16.4. The molecule has 6 nitrogen and oxygen atoms in total. The fourth-order valence-electron chi connectivity index (χ4n) is 2.49. The molecule has 2 aromatic heterocycles. The molecule has 0 radical (unpaired) electrons. The lowest BCUT2D eigenvalue weighted by atomic mass is 9.97. The smallest absolute Gasteiger partial charge is 0.251 e. The molecule has 0 spiro atoms. The standard InChI is InChI=1S/C13H17N3O3/c1-8-4-10(9(2)18-8)12-15-14-11(19-12)5-16-6-13(3,17)7-16/h4,17H,5-7H2,1-3H3. The minimum Gasteiger partial charge on any atom is -0.466 e. The van der Waals surface area contributed by atoms with E-state index in [1.54, 1.807) is 0 Å². The zero-order valence-corrected chi connectivity index (χ0v) is 11.3. The van der Waals surface area contributed by atoms with Crippen LogP contribution in [0.2, 0.25) is 0 Å². The summed E-state index contributed by atoms with van der Waals surface area (Å²) in [5, 5.41) is 17.7. The fourth-order valence-corrected chi connectivity index (χ4v) is 2.49. The number of β-amino-alcohol motifs (C(OH)–C–C–N with tert-alkyl or cyclic N) is 1. The number of hydrogen-bond donors (Lipinski definition) is 1. The number of nitrogens with zero attached hydrogens (tertiary/aromatic N) is 3. The van der Waals surface area contributed by atoms with Gasteiger partial charge in [-0.2, -0.15) is 0 Å². The van der Waals surface area contributed by atoms with E-state index in [1.165, 1.54) is 0 Å². The van der Waals surface area contributed by atoms with E-state index in [0.717, 1.165) is 17.1 Å². The van der Waals surface area contributed by atoms with Crippen LogP contribution in [-0.2, 0) is 6.54 Å². The Kier molecular flexibility index (Phi) is 2.72. The summed E-state index contributed by atoms with van der Waals surface area (Å²) in [4.78, 5) is 2.06. The van der Waals surface area contributed by atoms with Gasteiger partial charge in [0.2, 0.25) is 5.89 Å². The summed E-state index contributed by atoms with van der Waals surface area (Å²) in [6, 6.07) is 1.89. The first-order valence-electron chi connectivity index (χ1n) is 6.27. The van der Waals surface area contributed by atoms with Crippen molar-refractivity contribution in [3.63, 3.8) is 0 Å². The average molecular weight is 263 g/mol. The largest absolute Gasteiger partial charge is 0.466 e. The van der Waals surface area contributed by atoms with Gasteiger partial charge < -0.3 is 13.9 Å². The van der Waals surface area contributed by atoms with E-state index in [9.17, 15) is 5.11 Å². The van der Waals surface area contributed by atoms with Crippen molar-refractivity contribution in [2.75, 3.05) is 13.1 Å². The van der Waals surface area contributed by atoms with Crippen LogP contribution in [0.3, 0.4) is 0 Å². The number of likely N-dealkylation sites (tertiary alicyclic amines) is 1. The van der Waals surface area contributed by atoms with E-state index >= 15 is 0 Å². The lowest BCUT2D eigenvalue weighted by Crippen LogP contribution is -2.59. The molecule has 1 aliphatic rings. The Hall–Kier alpha value is -1.66. The highest BCUT2D eigenvalue weighted by Gasteiger charge is 2.37. The van der Waals surface area contributed by atoms with E-state index in [4.69, 9.17) is 8.83 Å². The molecule has 19 heavy (non-hydrogen) atoms. The van der Waals surface area contributed by atoms with Crippen molar-refractivity contribution in [2.24, 2.45) is 0 Å². The van der Waals surface area contributed by atoms with Crippen LogP contribution in [0.1, 0.15) is 24.3 Å². The van der Waals surface area contributed by atoms with Crippen LogP contribution in [0.4, 0.5) is 0 Å². The third kappa shape index (κ3) is 2.41.